The third-order valence-corrected chi connectivity index (χ3v) is 6.50. The molecular weight excluding hydrogens is 422 g/mol. The molecule has 1 aromatic carbocycles. The Morgan fingerprint density at radius 1 is 1.23 bits per heavy atom. The Balaban J connectivity index is 1.69. The maximum atomic E-state index is 12.3. The molecule has 0 fully saturated rings. The number of carbonyl (C=O) groups excluding carboxylic acids is 1. The van der Waals surface area contributed by atoms with Crippen molar-refractivity contribution in [2.75, 3.05) is 11.1 Å². The molecule has 3 rings (SSSR count). The van der Waals surface area contributed by atoms with Crippen LogP contribution in [-0.4, -0.2) is 31.3 Å². The van der Waals surface area contributed by atoms with E-state index in [4.69, 9.17) is 0 Å². The molecule has 2 heterocycles. The van der Waals surface area contributed by atoms with Gasteiger partial charge in [-0.25, -0.2) is 0 Å². The number of carbonyl (C=O) groups is 1. The topological polar surface area (TPSA) is 103 Å². The summed E-state index contributed by atoms with van der Waals surface area (Å²) < 4.78 is 2.04. The zero-order chi connectivity index (χ0) is 21.8. The minimum absolute atomic E-state index is 0.0195. The third kappa shape index (κ3) is 5.06. The second-order valence-corrected chi connectivity index (χ2v) is 9.19. The van der Waals surface area contributed by atoms with Gasteiger partial charge in [-0.2, -0.15) is 0 Å². The summed E-state index contributed by atoms with van der Waals surface area (Å²) in [5, 5.41) is 24.9. The highest BCUT2D eigenvalue weighted by Crippen LogP contribution is 2.32. The highest BCUT2D eigenvalue weighted by atomic mass is 32.2. The van der Waals surface area contributed by atoms with Crippen molar-refractivity contribution >= 4 is 40.4 Å². The van der Waals surface area contributed by atoms with E-state index in [-0.39, 0.29) is 23.4 Å². The van der Waals surface area contributed by atoms with Crippen molar-refractivity contribution in [3.63, 3.8) is 0 Å². The highest BCUT2D eigenvalue weighted by Gasteiger charge is 2.19. The summed E-state index contributed by atoms with van der Waals surface area (Å²) in [7, 11) is 0. The lowest BCUT2D eigenvalue weighted by Gasteiger charge is -2.13. The van der Waals surface area contributed by atoms with Crippen LogP contribution in [0.1, 0.15) is 44.5 Å². The molecule has 0 aliphatic heterocycles. The Hall–Kier alpha value is -2.72. The molecule has 0 spiro atoms. The van der Waals surface area contributed by atoms with Crippen LogP contribution >= 0.6 is 23.1 Å². The molecule has 30 heavy (non-hydrogen) atoms. The summed E-state index contributed by atoms with van der Waals surface area (Å²) in [6.45, 7) is 8.44. The van der Waals surface area contributed by atoms with Crippen LogP contribution in [0.15, 0.2) is 40.9 Å². The number of anilines is 1. The van der Waals surface area contributed by atoms with Crippen LogP contribution in [-0.2, 0) is 4.79 Å². The van der Waals surface area contributed by atoms with E-state index < -0.39 is 4.92 Å². The molecule has 0 bridgehead atoms. The lowest BCUT2D eigenvalue weighted by atomic mass is 10.1. The minimum atomic E-state index is -0.477. The Morgan fingerprint density at radius 3 is 2.50 bits per heavy atom. The number of aromatic nitrogens is 3. The van der Waals surface area contributed by atoms with Crippen molar-refractivity contribution in [1.29, 1.82) is 0 Å². The first-order valence-corrected chi connectivity index (χ1v) is 11.3. The summed E-state index contributed by atoms with van der Waals surface area (Å²) in [5.74, 6) is 1.19. The quantitative estimate of drug-likeness (QED) is 0.285. The van der Waals surface area contributed by atoms with Gasteiger partial charge in [0.05, 0.1) is 10.7 Å². The molecule has 0 saturated carbocycles. The smallest absolute Gasteiger partial charge is 0.269 e. The van der Waals surface area contributed by atoms with Gasteiger partial charge in [-0.1, -0.05) is 25.6 Å². The average molecular weight is 446 g/mol. The number of thioether (sulfide) groups is 1. The van der Waals surface area contributed by atoms with Gasteiger partial charge < -0.3 is 5.32 Å². The summed E-state index contributed by atoms with van der Waals surface area (Å²) >= 11 is 3.02. The van der Waals surface area contributed by atoms with Gasteiger partial charge in [-0.05, 0) is 38.0 Å². The second kappa shape index (κ2) is 9.40. The molecule has 3 aromatic rings. The predicted octanol–water partition coefficient (Wildman–Crippen LogP) is 5.35. The molecule has 0 unspecified atom stereocenters. The monoisotopic (exact) mass is 445 g/mol. The van der Waals surface area contributed by atoms with Gasteiger partial charge in [0.15, 0.2) is 11.0 Å². The Kier molecular flexibility index (Phi) is 6.88. The molecule has 1 amide bonds. The first-order chi connectivity index (χ1) is 14.3. The van der Waals surface area contributed by atoms with Gasteiger partial charge in [0.25, 0.3) is 5.69 Å². The van der Waals surface area contributed by atoms with E-state index in [1.54, 1.807) is 11.3 Å². The normalized spacial score (nSPS) is 11.3. The maximum Gasteiger partial charge on any atom is 0.269 e. The van der Waals surface area contributed by atoms with Crippen molar-refractivity contribution in [2.24, 2.45) is 0 Å². The van der Waals surface area contributed by atoms with Gasteiger partial charge in [0.2, 0.25) is 5.91 Å². The molecule has 0 saturated heterocycles. The molecule has 0 aliphatic carbocycles. The van der Waals surface area contributed by atoms with Crippen molar-refractivity contribution in [3.05, 3.63) is 50.7 Å². The van der Waals surface area contributed by atoms with Gasteiger partial charge >= 0.3 is 0 Å². The van der Waals surface area contributed by atoms with Crippen LogP contribution < -0.4 is 5.32 Å². The van der Waals surface area contributed by atoms with E-state index in [9.17, 15) is 14.9 Å². The molecular formula is C20H23N5O3S2. The number of hydrogen-bond donors (Lipinski definition) is 1. The van der Waals surface area contributed by atoms with Gasteiger partial charge in [0.1, 0.15) is 0 Å². The van der Waals surface area contributed by atoms with Crippen LogP contribution in [0.4, 0.5) is 11.4 Å². The van der Waals surface area contributed by atoms with Crippen LogP contribution in [0, 0.1) is 10.1 Å². The molecule has 158 valence electrons. The van der Waals surface area contributed by atoms with Crippen LogP contribution in [0.3, 0.4) is 0 Å². The maximum absolute atomic E-state index is 12.3. The molecule has 1 N–H and O–H groups in total. The van der Waals surface area contributed by atoms with Crippen molar-refractivity contribution in [2.45, 2.75) is 44.8 Å². The largest absolute Gasteiger partial charge is 0.325 e. The molecule has 0 aliphatic rings. The van der Waals surface area contributed by atoms with Crippen LogP contribution in [0.5, 0.6) is 0 Å². The fourth-order valence-electron chi connectivity index (χ4n) is 2.80. The molecule has 0 radical (unpaired) electrons. The van der Waals surface area contributed by atoms with Gasteiger partial charge in [-0.15, -0.1) is 21.5 Å². The van der Waals surface area contributed by atoms with Gasteiger partial charge in [-0.3, -0.25) is 19.5 Å². The summed E-state index contributed by atoms with van der Waals surface area (Å²) in [4.78, 5) is 23.9. The van der Waals surface area contributed by atoms with Crippen LogP contribution in [0.2, 0.25) is 0 Å². The first kappa shape index (κ1) is 22.0. The number of hydrogen-bond acceptors (Lipinski definition) is 7. The number of nitrogens with one attached hydrogen (secondary N) is 1. The average Bonchev–Trinajstić information content (AvgIpc) is 3.33. The molecule has 0 atom stereocenters. The molecule has 8 nitrogen and oxygen atoms in total. The van der Waals surface area contributed by atoms with E-state index in [0.29, 0.717) is 16.8 Å². The van der Waals surface area contributed by atoms with Crippen molar-refractivity contribution in [1.82, 2.24) is 14.8 Å². The van der Waals surface area contributed by atoms with Crippen LogP contribution in [0.25, 0.3) is 11.4 Å². The summed E-state index contributed by atoms with van der Waals surface area (Å²) in [5.41, 5.74) is 1.53. The fourth-order valence-corrected chi connectivity index (χ4v) is 4.58. The number of non-ortho nitro benzene ring substituents is 1. The minimum Gasteiger partial charge on any atom is -0.325 e. The predicted molar refractivity (Wildman–Crippen MR) is 120 cm³/mol. The lowest BCUT2D eigenvalue weighted by Crippen LogP contribution is -2.15. The number of benzene rings is 1. The summed E-state index contributed by atoms with van der Waals surface area (Å²) in [6, 6.07) is 8.02. The number of rotatable bonds is 8. The van der Waals surface area contributed by atoms with E-state index in [2.05, 4.69) is 54.7 Å². The Bertz CT molecular complexity index is 1040. The number of nitro benzene ring substituents is 1. The highest BCUT2D eigenvalue weighted by molar-refractivity contribution is 7.99. The summed E-state index contributed by atoms with van der Waals surface area (Å²) in [6.07, 6.45) is 0. The zero-order valence-corrected chi connectivity index (χ0v) is 18.8. The lowest BCUT2D eigenvalue weighted by molar-refractivity contribution is -0.384. The van der Waals surface area contributed by atoms with E-state index in [1.807, 2.05) is 4.57 Å². The van der Waals surface area contributed by atoms with E-state index in [1.165, 1.54) is 40.9 Å². The fraction of sp³-hybridized carbons (Fsp3) is 0.350. The first-order valence-electron chi connectivity index (χ1n) is 9.47. The standard InChI is InChI=1S/C20H23N5O3S2/c1-12(2)17-9-14(10-29-17)19-22-23-20(24(19)13(3)4)30-11-18(26)21-15-5-7-16(8-6-15)25(27)28/h5-10,12-13H,11H2,1-4H3,(H,21,26). The number of thiophene rings is 1. The van der Waals surface area contributed by atoms with E-state index >= 15 is 0 Å². The number of amides is 1. The number of nitrogens with zero attached hydrogens (tertiary/aromatic N) is 4. The second-order valence-electron chi connectivity index (χ2n) is 7.30. The van der Waals surface area contributed by atoms with E-state index in [0.717, 1.165) is 11.4 Å². The Labute approximate surface area is 182 Å². The molecule has 10 heteroatoms. The third-order valence-electron chi connectivity index (χ3n) is 4.32. The molecule has 2 aromatic heterocycles. The Morgan fingerprint density at radius 2 is 1.93 bits per heavy atom. The zero-order valence-electron chi connectivity index (χ0n) is 17.2. The van der Waals surface area contributed by atoms with Crippen molar-refractivity contribution in [3.8, 4) is 11.4 Å². The SMILES string of the molecule is CC(C)c1cc(-c2nnc(SCC(=O)Nc3ccc([N+](=O)[O-])cc3)n2C(C)C)cs1. The van der Waals surface area contributed by atoms with Gasteiger partial charge in [0, 0.05) is 39.7 Å². The van der Waals surface area contributed by atoms with Crippen molar-refractivity contribution < 1.29 is 9.72 Å². The number of nitro groups is 1.